The van der Waals surface area contributed by atoms with E-state index in [1.807, 2.05) is 6.08 Å². The van der Waals surface area contributed by atoms with Crippen molar-refractivity contribution in [2.75, 3.05) is 19.8 Å². The van der Waals surface area contributed by atoms with E-state index in [-0.39, 0.29) is 19.0 Å². The number of hydrogen-bond acceptors (Lipinski definition) is 4. The second-order valence-corrected chi connectivity index (χ2v) is 5.17. The zero-order valence-electron chi connectivity index (χ0n) is 13.0. The summed E-state index contributed by atoms with van der Waals surface area (Å²) in [5, 5.41) is 20.7. The molecule has 0 aromatic heterocycles. The van der Waals surface area contributed by atoms with Crippen LogP contribution in [0.4, 0.5) is 0 Å². The molecule has 21 heavy (non-hydrogen) atoms. The van der Waals surface area contributed by atoms with E-state index in [1.54, 1.807) is 11.8 Å². The normalized spacial score (nSPS) is 12.8. The molecule has 0 aliphatic carbocycles. The molecule has 0 aromatic rings. The fourth-order valence-electron chi connectivity index (χ4n) is 1.81. The Bertz CT molecular complexity index is 330. The maximum atomic E-state index is 11.6. The first-order valence-corrected chi connectivity index (χ1v) is 7.52. The second kappa shape index (κ2) is 12.3. The lowest BCUT2D eigenvalue weighted by molar-refractivity contribution is -0.137. The van der Waals surface area contributed by atoms with Crippen LogP contribution in [0.3, 0.4) is 0 Å². The molecule has 1 amide bonds. The Labute approximate surface area is 126 Å². The Kier molecular flexibility index (Phi) is 11.5. The van der Waals surface area contributed by atoms with Gasteiger partial charge in [-0.15, -0.1) is 0 Å². The van der Waals surface area contributed by atoms with Crippen LogP contribution >= 0.6 is 0 Å². The van der Waals surface area contributed by atoms with Gasteiger partial charge in [-0.05, 0) is 25.8 Å². The molecule has 6 heteroatoms. The number of aliphatic hydroxyl groups is 1. The van der Waals surface area contributed by atoms with Gasteiger partial charge in [-0.25, -0.2) is 0 Å². The summed E-state index contributed by atoms with van der Waals surface area (Å²) in [6.07, 6.45) is 7.04. The number of aliphatic hydroxyl groups excluding tert-OH is 1. The van der Waals surface area contributed by atoms with Crippen LogP contribution in [0.5, 0.6) is 0 Å². The molecule has 3 N–H and O–H groups in total. The molecule has 0 rings (SSSR count). The zero-order chi connectivity index (χ0) is 16.1. The van der Waals surface area contributed by atoms with Gasteiger partial charge >= 0.3 is 5.97 Å². The van der Waals surface area contributed by atoms with Crippen LogP contribution in [0.25, 0.3) is 0 Å². The number of carboxylic acid groups (broad SMARTS) is 1. The average molecular weight is 300 g/mol. The van der Waals surface area contributed by atoms with Gasteiger partial charge in [-0.3, -0.25) is 14.5 Å². The van der Waals surface area contributed by atoms with Crippen molar-refractivity contribution in [3.63, 3.8) is 0 Å². The van der Waals surface area contributed by atoms with Gasteiger partial charge in [0, 0.05) is 13.1 Å². The van der Waals surface area contributed by atoms with Crippen LogP contribution in [0.15, 0.2) is 12.2 Å². The van der Waals surface area contributed by atoms with Crippen LogP contribution in [0, 0.1) is 0 Å². The molecule has 6 nitrogen and oxygen atoms in total. The number of nitrogens with zero attached hydrogens (tertiary/aromatic N) is 1. The first-order chi connectivity index (χ1) is 9.95. The molecule has 0 aromatic carbocycles. The Balaban J connectivity index is 4.02. The number of hydrogen-bond donors (Lipinski definition) is 3. The van der Waals surface area contributed by atoms with Crippen molar-refractivity contribution in [2.45, 2.75) is 52.1 Å². The zero-order valence-corrected chi connectivity index (χ0v) is 13.0. The standard InChI is InChI=1S/C15H28N2O4/c1-3-4-5-6-7-8-14(19)16-12-17(11-13(2)18)10-9-15(20)21/h7-8,13,18H,3-6,9-12H2,1-2H3,(H,16,19)(H,20,21)/b8-7+. The van der Waals surface area contributed by atoms with Crippen molar-refractivity contribution < 1.29 is 19.8 Å². The van der Waals surface area contributed by atoms with E-state index in [1.165, 1.54) is 6.08 Å². The van der Waals surface area contributed by atoms with Crippen LogP contribution in [-0.2, 0) is 9.59 Å². The topological polar surface area (TPSA) is 89.9 Å². The van der Waals surface area contributed by atoms with Gasteiger partial charge in [0.15, 0.2) is 0 Å². The highest BCUT2D eigenvalue weighted by Crippen LogP contribution is 1.99. The van der Waals surface area contributed by atoms with E-state index in [2.05, 4.69) is 12.2 Å². The van der Waals surface area contributed by atoms with Gasteiger partial charge in [-0.1, -0.05) is 25.8 Å². The van der Waals surface area contributed by atoms with Crippen LogP contribution < -0.4 is 5.32 Å². The molecule has 0 aliphatic rings. The first-order valence-electron chi connectivity index (χ1n) is 7.52. The summed E-state index contributed by atoms with van der Waals surface area (Å²) in [5.41, 5.74) is 0. The summed E-state index contributed by atoms with van der Waals surface area (Å²) in [6, 6.07) is 0. The summed E-state index contributed by atoms with van der Waals surface area (Å²) in [7, 11) is 0. The molecule has 0 heterocycles. The van der Waals surface area contributed by atoms with Crippen molar-refractivity contribution >= 4 is 11.9 Å². The SMILES string of the molecule is CCCCC/C=C/C(=O)NCN(CCC(=O)O)CC(C)O. The Morgan fingerprint density at radius 1 is 1.33 bits per heavy atom. The van der Waals surface area contributed by atoms with Crippen LogP contribution in [0.2, 0.25) is 0 Å². The van der Waals surface area contributed by atoms with Gasteiger partial charge < -0.3 is 15.5 Å². The number of rotatable bonds is 12. The van der Waals surface area contributed by atoms with Crippen LogP contribution in [-0.4, -0.2) is 52.9 Å². The van der Waals surface area contributed by atoms with Gasteiger partial charge in [0.1, 0.15) is 0 Å². The van der Waals surface area contributed by atoms with Crippen molar-refractivity contribution in [2.24, 2.45) is 0 Å². The smallest absolute Gasteiger partial charge is 0.304 e. The fraction of sp³-hybridized carbons (Fsp3) is 0.733. The summed E-state index contributed by atoms with van der Waals surface area (Å²) in [6.45, 7) is 4.61. The summed E-state index contributed by atoms with van der Waals surface area (Å²) in [5.74, 6) is -1.09. The van der Waals surface area contributed by atoms with Gasteiger partial charge in [0.25, 0.3) is 0 Å². The second-order valence-electron chi connectivity index (χ2n) is 5.17. The van der Waals surface area contributed by atoms with E-state index in [9.17, 15) is 14.7 Å². The molecule has 0 fully saturated rings. The number of unbranched alkanes of at least 4 members (excludes halogenated alkanes) is 3. The maximum Gasteiger partial charge on any atom is 0.304 e. The van der Waals surface area contributed by atoms with E-state index < -0.39 is 12.1 Å². The predicted octanol–water partition coefficient (Wildman–Crippen LogP) is 1.35. The molecule has 0 saturated heterocycles. The summed E-state index contributed by atoms with van der Waals surface area (Å²) in [4.78, 5) is 23.9. The molecule has 0 aliphatic heterocycles. The summed E-state index contributed by atoms with van der Waals surface area (Å²) >= 11 is 0. The third-order valence-electron chi connectivity index (χ3n) is 2.88. The van der Waals surface area contributed by atoms with Gasteiger partial charge in [-0.2, -0.15) is 0 Å². The fourth-order valence-corrected chi connectivity index (χ4v) is 1.81. The number of allylic oxidation sites excluding steroid dienone is 1. The lowest BCUT2D eigenvalue weighted by Crippen LogP contribution is -2.41. The Hall–Kier alpha value is -1.40. The molecular weight excluding hydrogens is 272 g/mol. The minimum Gasteiger partial charge on any atom is -0.481 e. The van der Waals surface area contributed by atoms with Crippen molar-refractivity contribution in [1.29, 1.82) is 0 Å². The highest BCUT2D eigenvalue weighted by molar-refractivity contribution is 5.87. The highest BCUT2D eigenvalue weighted by atomic mass is 16.4. The van der Waals surface area contributed by atoms with Crippen molar-refractivity contribution in [1.82, 2.24) is 10.2 Å². The third-order valence-corrected chi connectivity index (χ3v) is 2.88. The number of nitrogens with one attached hydrogen (secondary N) is 1. The van der Waals surface area contributed by atoms with Crippen LogP contribution in [0.1, 0.15) is 46.0 Å². The van der Waals surface area contributed by atoms with E-state index in [0.717, 1.165) is 25.7 Å². The molecule has 0 spiro atoms. The number of carboxylic acids is 1. The third kappa shape index (κ3) is 13.3. The minimum absolute atomic E-state index is 0.0184. The molecule has 0 saturated carbocycles. The van der Waals surface area contributed by atoms with Gasteiger partial charge in [0.2, 0.25) is 5.91 Å². The molecule has 1 atom stereocenters. The average Bonchev–Trinajstić information content (AvgIpc) is 2.41. The van der Waals surface area contributed by atoms with Crippen molar-refractivity contribution in [3.8, 4) is 0 Å². The predicted molar refractivity (Wildman–Crippen MR) is 81.8 cm³/mol. The highest BCUT2D eigenvalue weighted by Gasteiger charge is 2.10. The molecule has 0 bridgehead atoms. The minimum atomic E-state index is -0.896. The van der Waals surface area contributed by atoms with E-state index >= 15 is 0 Å². The number of carbonyl (C=O) groups is 2. The molecular formula is C15H28N2O4. The molecule has 1 unspecified atom stereocenters. The maximum absolute atomic E-state index is 11.6. The lowest BCUT2D eigenvalue weighted by Gasteiger charge is -2.22. The lowest BCUT2D eigenvalue weighted by atomic mass is 10.2. The van der Waals surface area contributed by atoms with Crippen molar-refractivity contribution in [3.05, 3.63) is 12.2 Å². The number of carbonyl (C=O) groups excluding carboxylic acids is 1. The summed E-state index contributed by atoms with van der Waals surface area (Å²) < 4.78 is 0. The van der Waals surface area contributed by atoms with Gasteiger partial charge in [0.05, 0.1) is 19.2 Å². The van der Waals surface area contributed by atoms with E-state index in [0.29, 0.717) is 13.1 Å². The van der Waals surface area contributed by atoms with E-state index in [4.69, 9.17) is 5.11 Å². The quantitative estimate of drug-likeness (QED) is 0.288. The number of aliphatic carboxylic acids is 1. The molecule has 0 radical (unpaired) electrons. The molecule has 122 valence electrons. The number of amides is 1. The monoisotopic (exact) mass is 300 g/mol. The largest absolute Gasteiger partial charge is 0.481 e. The Morgan fingerprint density at radius 3 is 2.62 bits per heavy atom. The first kappa shape index (κ1) is 19.6. The Morgan fingerprint density at radius 2 is 2.05 bits per heavy atom.